The Bertz CT molecular complexity index is 509. The highest BCUT2D eigenvalue weighted by molar-refractivity contribution is 7.09. The quantitative estimate of drug-likeness (QED) is 0.899. The number of hydrogen-bond acceptors (Lipinski definition) is 5. The Labute approximate surface area is 112 Å². The van der Waals surface area contributed by atoms with Crippen molar-refractivity contribution < 1.29 is 0 Å². The van der Waals surface area contributed by atoms with Crippen LogP contribution in [0.1, 0.15) is 17.5 Å². The van der Waals surface area contributed by atoms with Gasteiger partial charge in [-0.25, -0.2) is 9.97 Å². The van der Waals surface area contributed by atoms with Gasteiger partial charge in [0.1, 0.15) is 5.82 Å². The zero-order chi connectivity index (χ0) is 13.0. The van der Waals surface area contributed by atoms with E-state index in [-0.39, 0.29) is 0 Å². The topological polar surface area (TPSA) is 41.0 Å². The van der Waals surface area contributed by atoms with Crippen molar-refractivity contribution in [1.29, 1.82) is 0 Å². The predicted octanol–water partition coefficient (Wildman–Crippen LogP) is 2.91. The molecule has 2 rings (SSSR count). The lowest BCUT2D eigenvalue weighted by molar-refractivity contribution is 0.923. The maximum atomic E-state index is 4.28. The van der Waals surface area contributed by atoms with Gasteiger partial charge in [0.05, 0.1) is 17.7 Å². The molecule has 2 aromatic heterocycles. The lowest BCUT2D eigenvalue weighted by Crippen LogP contribution is -2.16. The second-order valence-electron chi connectivity index (χ2n) is 4.15. The third-order valence-electron chi connectivity index (χ3n) is 2.77. The van der Waals surface area contributed by atoms with Crippen LogP contribution in [0.3, 0.4) is 0 Å². The molecule has 0 aliphatic heterocycles. The van der Waals surface area contributed by atoms with E-state index in [0.29, 0.717) is 0 Å². The Kier molecular flexibility index (Phi) is 4.15. The van der Waals surface area contributed by atoms with E-state index in [1.165, 1.54) is 4.88 Å². The van der Waals surface area contributed by atoms with Crippen molar-refractivity contribution in [2.75, 3.05) is 23.8 Å². The highest BCUT2D eigenvalue weighted by Gasteiger charge is 2.07. The molecule has 0 saturated heterocycles. The van der Waals surface area contributed by atoms with Crippen LogP contribution in [0.2, 0.25) is 0 Å². The fourth-order valence-corrected chi connectivity index (χ4v) is 2.55. The van der Waals surface area contributed by atoms with Gasteiger partial charge < -0.3 is 10.2 Å². The van der Waals surface area contributed by atoms with Crippen LogP contribution in [-0.4, -0.2) is 23.6 Å². The molecule has 0 radical (unpaired) electrons. The van der Waals surface area contributed by atoms with Crippen LogP contribution in [0, 0.1) is 6.92 Å². The standard InChI is InChI=1S/C13H18N4S/c1-4-14-13-7-11(5-6-15-13)17(3)8-12-10(2)16-9-18-12/h5-7,9H,4,8H2,1-3H3,(H,14,15). The molecule has 2 aromatic rings. The second kappa shape index (κ2) is 5.82. The summed E-state index contributed by atoms with van der Waals surface area (Å²) in [5.74, 6) is 0.919. The zero-order valence-electron chi connectivity index (χ0n) is 11.0. The highest BCUT2D eigenvalue weighted by Crippen LogP contribution is 2.21. The van der Waals surface area contributed by atoms with Crippen molar-refractivity contribution in [3.63, 3.8) is 0 Å². The van der Waals surface area contributed by atoms with E-state index in [1.807, 2.05) is 17.8 Å². The summed E-state index contributed by atoms with van der Waals surface area (Å²) in [5, 5.41) is 3.23. The molecular weight excluding hydrogens is 244 g/mol. The maximum absolute atomic E-state index is 4.28. The summed E-state index contributed by atoms with van der Waals surface area (Å²) in [6, 6.07) is 4.09. The van der Waals surface area contributed by atoms with E-state index in [0.717, 1.165) is 30.3 Å². The summed E-state index contributed by atoms with van der Waals surface area (Å²) in [6.45, 7) is 5.88. The Balaban J connectivity index is 2.11. The van der Waals surface area contributed by atoms with Crippen LogP contribution in [0.25, 0.3) is 0 Å². The molecule has 18 heavy (non-hydrogen) atoms. The number of anilines is 2. The lowest BCUT2D eigenvalue weighted by atomic mass is 10.3. The van der Waals surface area contributed by atoms with Crippen LogP contribution in [0.5, 0.6) is 0 Å². The van der Waals surface area contributed by atoms with Gasteiger partial charge in [0, 0.05) is 36.4 Å². The van der Waals surface area contributed by atoms with Crippen LogP contribution >= 0.6 is 11.3 Å². The average Bonchev–Trinajstić information content (AvgIpc) is 2.76. The number of aryl methyl sites for hydroxylation is 1. The molecule has 0 spiro atoms. The summed E-state index contributed by atoms with van der Waals surface area (Å²) < 4.78 is 0. The monoisotopic (exact) mass is 262 g/mol. The summed E-state index contributed by atoms with van der Waals surface area (Å²) >= 11 is 1.70. The second-order valence-corrected chi connectivity index (χ2v) is 5.09. The minimum atomic E-state index is 0.881. The zero-order valence-corrected chi connectivity index (χ0v) is 11.8. The first-order chi connectivity index (χ1) is 8.70. The number of pyridine rings is 1. The highest BCUT2D eigenvalue weighted by atomic mass is 32.1. The Morgan fingerprint density at radius 2 is 2.22 bits per heavy atom. The van der Waals surface area contributed by atoms with E-state index in [1.54, 1.807) is 11.3 Å². The van der Waals surface area contributed by atoms with Crippen molar-refractivity contribution in [1.82, 2.24) is 9.97 Å². The minimum absolute atomic E-state index is 0.881. The lowest BCUT2D eigenvalue weighted by Gasteiger charge is -2.19. The number of nitrogens with one attached hydrogen (secondary N) is 1. The summed E-state index contributed by atoms with van der Waals surface area (Å²) in [4.78, 5) is 12.1. The summed E-state index contributed by atoms with van der Waals surface area (Å²) in [7, 11) is 2.09. The van der Waals surface area contributed by atoms with Crippen LogP contribution in [0.15, 0.2) is 23.8 Å². The predicted molar refractivity (Wildman–Crippen MR) is 77.4 cm³/mol. The number of thiazole rings is 1. The largest absolute Gasteiger partial charge is 0.370 e. The normalized spacial score (nSPS) is 10.4. The van der Waals surface area contributed by atoms with E-state index in [4.69, 9.17) is 0 Å². The molecule has 0 aromatic carbocycles. The number of aromatic nitrogens is 2. The minimum Gasteiger partial charge on any atom is -0.370 e. The third kappa shape index (κ3) is 2.98. The Hall–Kier alpha value is -1.62. The Morgan fingerprint density at radius 1 is 1.39 bits per heavy atom. The molecule has 0 bridgehead atoms. The first-order valence-corrected chi connectivity index (χ1v) is 6.88. The van der Waals surface area contributed by atoms with Crippen molar-refractivity contribution >= 4 is 22.8 Å². The molecule has 0 atom stereocenters. The first kappa shape index (κ1) is 12.8. The smallest absolute Gasteiger partial charge is 0.127 e. The number of nitrogens with zero attached hydrogens (tertiary/aromatic N) is 3. The van der Waals surface area contributed by atoms with E-state index < -0.39 is 0 Å². The van der Waals surface area contributed by atoms with Crippen LogP contribution in [0.4, 0.5) is 11.5 Å². The SMILES string of the molecule is CCNc1cc(N(C)Cc2scnc2C)ccn1. The summed E-state index contributed by atoms with van der Waals surface area (Å²) in [6.07, 6.45) is 1.84. The molecule has 0 amide bonds. The van der Waals surface area contributed by atoms with Gasteiger partial charge in [0.15, 0.2) is 0 Å². The van der Waals surface area contributed by atoms with Gasteiger partial charge in [-0.05, 0) is 19.9 Å². The van der Waals surface area contributed by atoms with E-state index in [2.05, 4.69) is 47.1 Å². The Morgan fingerprint density at radius 3 is 2.89 bits per heavy atom. The van der Waals surface area contributed by atoms with E-state index >= 15 is 0 Å². The molecule has 96 valence electrons. The van der Waals surface area contributed by atoms with Crippen molar-refractivity contribution in [2.45, 2.75) is 20.4 Å². The molecule has 1 N–H and O–H groups in total. The van der Waals surface area contributed by atoms with Gasteiger partial charge in [-0.3, -0.25) is 0 Å². The molecular formula is C13H18N4S. The van der Waals surface area contributed by atoms with Crippen molar-refractivity contribution in [2.24, 2.45) is 0 Å². The molecule has 5 heteroatoms. The number of rotatable bonds is 5. The maximum Gasteiger partial charge on any atom is 0.127 e. The van der Waals surface area contributed by atoms with Crippen molar-refractivity contribution in [3.8, 4) is 0 Å². The first-order valence-electron chi connectivity index (χ1n) is 6.00. The fraction of sp³-hybridized carbons (Fsp3) is 0.385. The molecule has 0 saturated carbocycles. The van der Waals surface area contributed by atoms with Gasteiger partial charge in [0.2, 0.25) is 0 Å². The van der Waals surface area contributed by atoms with Gasteiger partial charge in [-0.15, -0.1) is 11.3 Å². The van der Waals surface area contributed by atoms with Crippen LogP contribution in [-0.2, 0) is 6.54 Å². The van der Waals surface area contributed by atoms with Gasteiger partial charge >= 0.3 is 0 Å². The average molecular weight is 262 g/mol. The molecule has 0 unspecified atom stereocenters. The fourth-order valence-electron chi connectivity index (χ4n) is 1.72. The molecule has 0 fully saturated rings. The molecule has 2 heterocycles. The third-order valence-corrected chi connectivity index (χ3v) is 3.69. The molecule has 0 aliphatic carbocycles. The molecule has 0 aliphatic rings. The van der Waals surface area contributed by atoms with Crippen LogP contribution < -0.4 is 10.2 Å². The van der Waals surface area contributed by atoms with Gasteiger partial charge in [-0.2, -0.15) is 0 Å². The van der Waals surface area contributed by atoms with E-state index in [9.17, 15) is 0 Å². The van der Waals surface area contributed by atoms with Gasteiger partial charge in [-0.1, -0.05) is 0 Å². The van der Waals surface area contributed by atoms with Gasteiger partial charge in [0.25, 0.3) is 0 Å². The van der Waals surface area contributed by atoms with Crippen molar-refractivity contribution in [3.05, 3.63) is 34.4 Å². The summed E-state index contributed by atoms with van der Waals surface area (Å²) in [5.41, 5.74) is 4.18. The number of hydrogen-bond donors (Lipinski definition) is 1. The molecule has 4 nitrogen and oxygen atoms in total.